The van der Waals surface area contributed by atoms with Crippen LogP contribution in [0.15, 0.2) is 113 Å². The molecule has 0 aliphatic rings. The first-order valence-electron chi connectivity index (χ1n) is 10.3. The Labute approximate surface area is 203 Å². The van der Waals surface area contributed by atoms with Gasteiger partial charge in [-0.3, -0.25) is 9.52 Å². The van der Waals surface area contributed by atoms with Gasteiger partial charge in [-0.2, -0.15) is 5.10 Å². The predicted octanol–water partition coefficient (Wildman–Crippen LogP) is 5.57. The van der Waals surface area contributed by atoms with Crippen LogP contribution in [0.2, 0.25) is 5.02 Å². The lowest BCUT2D eigenvalue weighted by Crippen LogP contribution is -2.19. The number of hydrogen-bond donors (Lipinski definition) is 2. The number of hydrogen-bond acceptors (Lipinski definition) is 4. The van der Waals surface area contributed by atoms with E-state index >= 15 is 0 Å². The summed E-state index contributed by atoms with van der Waals surface area (Å²) >= 11 is 5.84. The van der Waals surface area contributed by atoms with Gasteiger partial charge in [-0.1, -0.05) is 72.3 Å². The normalized spacial score (nSPS) is 11.3. The van der Waals surface area contributed by atoms with Crippen LogP contribution in [0.3, 0.4) is 0 Å². The molecule has 0 saturated carbocycles. The van der Waals surface area contributed by atoms with Crippen LogP contribution in [0.4, 0.5) is 5.69 Å². The molecule has 0 unspecified atom stereocenters. The molecule has 0 spiro atoms. The molecule has 0 atom stereocenters. The zero-order valence-electron chi connectivity index (χ0n) is 17.9. The van der Waals surface area contributed by atoms with Crippen LogP contribution in [-0.2, 0) is 10.0 Å². The van der Waals surface area contributed by atoms with E-state index in [9.17, 15) is 13.2 Å². The minimum atomic E-state index is -3.88. The fourth-order valence-corrected chi connectivity index (χ4v) is 4.39. The highest BCUT2D eigenvalue weighted by molar-refractivity contribution is 7.92. The van der Waals surface area contributed by atoms with Crippen molar-refractivity contribution in [1.82, 2.24) is 5.43 Å². The van der Waals surface area contributed by atoms with Crippen LogP contribution >= 0.6 is 11.6 Å². The Morgan fingerprint density at radius 2 is 1.47 bits per heavy atom. The van der Waals surface area contributed by atoms with E-state index in [-0.39, 0.29) is 10.5 Å². The molecule has 34 heavy (non-hydrogen) atoms. The molecule has 6 nitrogen and oxygen atoms in total. The van der Waals surface area contributed by atoms with Gasteiger partial charge in [0.25, 0.3) is 15.9 Å². The molecule has 0 aromatic heterocycles. The number of nitrogens with one attached hydrogen (secondary N) is 2. The molecule has 4 aromatic rings. The zero-order valence-corrected chi connectivity index (χ0v) is 19.4. The number of carbonyl (C=O) groups is 1. The maximum Gasteiger partial charge on any atom is 0.271 e. The zero-order chi connectivity index (χ0) is 24.0. The number of hydrazone groups is 1. The first-order valence-corrected chi connectivity index (χ1v) is 12.1. The molecule has 2 N–H and O–H groups in total. The minimum absolute atomic E-state index is 0.0458. The van der Waals surface area contributed by atoms with Gasteiger partial charge in [0.2, 0.25) is 0 Å². The van der Waals surface area contributed by atoms with Gasteiger partial charge >= 0.3 is 0 Å². The Balaban J connectivity index is 1.41. The van der Waals surface area contributed by atoms with Crippen LogP contribution < -0.4 is 10.1 Å². The largest absolute Gasteiger partial charge is 0.280 e. The van der Waals surface area contributed by atoms with Crippen molar-refractivity contribution < 1.29 is 13.2 Å². The average Bonchev–Trinajstić information content (AvgIpc) is 2.86. The number of carbonyl (C=O) groups excluding carboxylic acids is 1. The Morgan fingerprint density at radius 1 is 0.794 bits per heavy atom. The van der Waals surface area contributed by atoms with Crippen molar-refractivity contribution in [3.63, 3.8) is 0 Å². The highest BCUT2D eigenvalue weighted by Gasteiger charge is 2.16. The number of benzene rings is 4. The van der Waals surface area contributed by atoms with E-state index in [2.05, 4.69) is 15.2 Å². The molecule has 8 heteroatoms. The summed E-state index contributed by atoms with van der Waals surface area (Å²) in [5.74, 6) is -0.527. The summed E-state index contributed by atoms with van der Waals surface area (Å²) in [7, 11) is -3.88. The molecule has 0 aliphatic heterocycles. The van der Waals surface area contributed by atoms with Crippen molar-refractivity contribution in [3.05, 3.63) is 119 Å². The van der Waals surface area contributed by atoms with Crippen molar-refractivity contribution in [2.75, 3.05) is 4.72 Å². The fourth-order valence-electron chi connectivity index (χ4n) is 3.16. The summed E-state index contributed by atoms with van der Waals surface area (Å²) in [4.78, 5) is 12.4. The second-order valence-electron chi connectivity index (χ2n) is 7.33. The van der Waals surface area contributed by atoms with E-state index in [1.54, 1.807) is 24.3 Å². The van der Waals surface area contributed by atoms with Crippen LogP contribution in [0.1, 0.15) is 15.9 Å². The Morgan fingerprint density at radius 3 is 2.18 bits per heavy atom. The third kappa shape index (κ3) is 5.89. The SMILES string of the molecule is O=C(N/N=C/c1ccc(-c2ccccc2)cc1)c1cccc(S(=O)(=O)Nc2ccc(Cl)cc2)c1. The third-order valence-corrected chi connectivity index (χ3v) is 6.53. The molecule has 1 amide bonds. The predicted molar refractivity (Wildman–Crippen MR) is 136 cm³/mol. The summed E-state index contributed by atoms with van der Waals surface area (Å²) in [6, 6.07) is 29.7. The van der Waals surface area contributed by atoms with Gasteiger partial charge in [-0.25, -0.2) is 13.8 Å². The van der Waals surface area contributed by atoms with Crippen molar-refractivity contribution in [1.29, 1.82) is 0 Å². The summed E-state index contributed by atoms with van der Waals surface area (Å²) < 4.78 is 27.8. The molecule has 0 bridgehead atoms. The highest BCUT2D eigenvalue weighted by atomic mass is 35.5. The van der Waals surface area contributed by atoms with E-state index in [0.29, 0.717) is 10.7 Å². The Kier molecular flexibility index (Phi) is 7.06. The third-order valence-electron chi connectivity index (χ3n) is 4.90. The van der Waals surface area contributed by atoms with Gasteiger partial charge < -0.3 is 0 Å². The summed E-state index contributed by atoms with van der Waals surface area (Å²) in [5.41, 5.74) is 5.95. The lowest BCUT2D eigenvalue weighted by Gasteiger charge is -2.09. The molecule has 0 aliphatic carbocycles. The van der Waals surface area contributed by atoms with Crippen molar-refractivity contribution >= 4 is 39.4 Å². The Bertz CT molecular complexity index is 1420. The number of anilines is 1. The highest BCUT2D eigenvalue weighted by Crippen LogP contribution is 2.20. The second kappa shape index (κ2) is 10.3. The van der Waals surface area contributed by atoms with Gasteiger partial charge in [-0.05, 0) is 59.2 Å². The molecule has 4 aromatic carbocycles. The molecular formula is C26H20ClN3O3S. The first-order chi connectivity index (χ1) is 16.4. The molecule has 0 radical (unpaired) electrons. The second-order valence-corrected chi connectivity index (χ2v) is 9.45. The van der Waals surface area contributed by atoms with E-state index in [4.69, 9.17) is 11.6 Å². The van der Waals surface area contributed by atoms with Crippen LogP contribution in [0.5, 0.6) is 0 Å². The quantitative estimate of drug-likeness (QED) is 0.263. The lowest BCUT2D eigenvalue weighted by molar-refractivity contribution is 0.0955. The van der Waals surface area contributed by atoms with Gasteiger partial charge in [0.05, 0.1) is 11.1 Å². The van der Waals surface area contributed by atoms with Crippen molar-refractivity contribution in [2.24, 2.45) is 5.10 Å². The maximum absolute atomic E-state index is 12.7. The summed E-state index contributed by atoms with van der Waals surface area (Å²) in [5, 5.41) is 4.48. The van der Waals surface area contributed by atoms with Gasteiger partial charge in [0, 0.05) is 16.3 Å². The molecule has 170 valence electrons. The fraction of sp³-hybridized carbons (Fsp3) is 0. The number of amides is 1. The Hall–Kier alpha value is -3.94. The van der Waals surface area contributed by atoms with E-state index < -0.39 is 15.9 Å². The summed E-state index contributed by atoms with van der Waals surface area (Å²) in [6.07, 6.45) is 1.52. The van der Waals surface area contributed by atoms with Crippen LogP contribution in [-0.4, -0.2) is 20.5 Å². The lowest BCUT2D eigenvalue weighted by atomic mass is 10.0. The minimum Gasteiger partial charge on any atom is -0.280 e. The number of sulfonamides is 1. The number of nitrogens with zero attached hydrogens (tertiary/aromatic N) is 1. The van der Waals surface area contributed by atoms with Crippen LogP contribution in [0.25, 0.3) is 11.1 Å². The molecule has 0 heterocycles. The number of halogens is 1. The molecule has 0 fully saturated rings. The van der Waals surface area contributed by atoms with E-state index in [0.717, 1.165) is 16.7 Å². The van der Waals surface area contributed by atoms with Crippen molar-refractivity contribution in [2.45, 2.75) is 4.90 Å². The topological polar surface area (TPSA) is 87.6 Å². The van der Waals surface area contributed by atoms with Gasteiger partial charge in [0.1, 0.15) is 0 Å². The molecule has 4 rings (SSSR count). The number of rotatable bonds is 7. The smallest absolute Gasteiger partial charge is 0.271 e. The standard InChI is InChI=1S/C26H20ClN3O3S/c27-23-13-15-24(16-14-23)30-34(32,33)25-8-4-7-22(17-25)26(31)29-28-18-19-9-11-21(12-10-19)20-5-2-1-3-6-20/h1-18,30H,(H,29,31)/b28-18+. The van der Waals surface area contributed by atoms with Gasteiger partial charge in [-0.15, -0.1) is 0 Å². The first kappa shape index (κ1) is 23.2. The van der Waals surface area contributed by atoms with E-state index in [1.165, 1.54) is 30.5 Å². The molecule has 0 saturated heterocycles. The average molecular weight is 490 g/mol. The maximum atomic E-state index is 12.7. The van der Waals surface area contributed by atoms with E-state index in [1.807, 2.05) is 54.6 Å². The summed E-state index contributed by atoms with van der Waals surface area (Å²) in [6.45, 7) is 0. The monoisotopic (exact) mass is 489 g/mol. The van der Waals surface area contributed by atoms with Gasteiger partial charge in [0.15, 0.2) is 0 Å². The molecular weight excluding hydrogens is 470 g/mol. The van der Waals surface area contributed by atoms with Crippen LogP contribution in [0, 0.1) is 0 Å². The van der Waals surface area contributed by atoms with Crippen molar-refractivity contribution in [3.8, 4) is 11.1 Å².